The van der Waals surface area contributed by atoms with Gasteiger partial charge in [0.1, 0.15) is 0 Å². The second-order valence-electron chi connectivity index (χ2n) is 1.53. The molecule has 0 aliphatic rings. The molecule has 0 spiro atoms. The summed E-state index contributed by atoms with van der Waals surface area (Å²) in [6, 6.07) is 0. The fraction of sp³-hybridized carbons (Fsp3) is 0.500. The highest BCUT2D eigenvalue weighted by atomic mass is 127. The average Bonchev–Trinajstić information content (AvgIpc) is 1.84. The van der Waals surface area contributed by atoms with Crippen molar-refractivity contribution in [3.8, 4) is 0 Å². The molecule has 0 saturated heterocycles. The van der Waals surface area contributed by atoms with E-state index < -0.39 is 0 Å². The predicted molar refractivity (Wildman–Crippen MR) is 43.3 cm³/mol. The summed E-state index contributed by atoms with van der Waals surface area (Å²) in [6.07, 6.45) is 1.83. The Bertz CT molecular complexity index is 116. The zero-order valence-electron chi connectivity index (χ0n) is 5.07. The van der Waals surface area contributed by atoms with Gasteiger partial charge >= 0.3 is 0 Å². The minimum atomic E-state index is 0.230. The summed E-state index contributed by atoms with van der Waals surface area (Å²) in [7, 11) is 0. The standard InChI is InChI=1S/C6H9IO/c1-3-5(2)6(8)4-7/h3H,4H2,1-2H3/b5-3+. The summed E-state index contributed by atoms with van der Waals surface area (Å²) in [5.74, 6) is 0.230. The van der Waals surface area contributed by atoms with Crippen molar-refractivity contribution in [3.05, 3.63) is 11.6 Å². The van der Waals surface area contributed by atoms with Gasteiger partial charge in [-0.2, -0.15) is 0 Å². The first-order valence-corrected chi connectivity index (χ1v) is 3.97. The molecule has 46 valence electrons. The van der Waals surface area contributed by atoms with E-state index in [-0.39, 0.29) is 5.78 Å². The molecule has 0 heterocycles. The van der Waals surface area contributed by atoms with E-state index in [2.05, 4.69) is 22.6 Å². The Labute approximate surface area is 63.3 Å². The lowest BCUT2D eigenvalue weighted by Gasteiger charge is -1.90. The average molecular weight is 224 g/mol. The Morgan fingerprint density at radius 1 is 1.75 bits per heavy atom. The van der Waals surface area contributed by atoms with Crippen LogP contribution in [0.4, 0.5) is 0 Å². The first kappa shape index (κ1) is 8.14. The molecule has 0 radical (unpaired) electrons. The first-order valence-electron chi connectivity index (χ1n) is 2.44. The number of alkyl halides is 1. The molecular weight excluding hydrogens is 215 g/mol. The van der Waals surface area contributed by atoms with E-state index in [1.165, 1.54) is 0 Å². The second kappa shape index (κ2) is 4.06. The summed E-state index contributed by atoms with van der Waals surface area (Å²) in [4.78, 5) is 10.7. The zero-order chi connectivity index (χ0) is 6.57. The summed E-state index contributed by atoms with van der Waals surface area (Å²) < 4.78 is 0.591. The molecule has 2 heteroatoms. The monoisotopic (exact) mass is 224 g/mol. The van der Waals surface area contributed by atoms with Crippen molar-refractivity contribution >= 4 is 28.4 Å². The zero-order valence-corrected chi connectivity index (χ0v) is 7.23. The quantitative estimate of drug-likeness (QED) is 0.398. The maximum Gasteiger partial charge on any atom is 0.167 e. The SMILES string of the molecule is C/C=C(\C)C(=O)CI. The third-order valence-electron chi connectivity index (χ3n) is 0.994. The van der Waals surface area contributed by atoms with Gasteiger partial charge in [-0.05, 0) is 19.4 Å². The van der Waals surface area contributed by atoms with E-state index in [9.17, 15) is 4.79 Å². The van der Waals surface area contributed by atoms with Gasteiger partial charge < -0.3 is 0 Å². The third-order valence-corrected chi connectivity index (χ3v) is 1.69. The maximum atomic E-state index is 10.7. The molecule has 0 bridgehead atoms. The summed E-state index contributed by atoms with van der Waals surface area (Å²) in [5.41, 5.74) is 0.861. The maximum absolute atomic E-state index is 10.7. The van der Waals surface area contributed by atoms with Gasteiger partial charge in [-0.25, -0.2) is 0 Å². The second-order valence-corrected chi connectivity index (χ2v) is 2.29. The largest absolute Gasteiger partial charge is 0.294 e. The Balaban J connectivity index is 3.83. The van der Waals surface area contributed by atoms with Crippen LogP contribution in [-0.2, 0) is 4.79 Å². The predicted octanol–water partition coefficient (Wildman–Crippen LogP) is 1.96. The smallest absolute Gasteiger partial charge is 0.167 e. The molecule has 0 aromatic rings. The molecule has 0 N–H and O–H groups in total. The van der Waals surface area contributed by atoms with Crippen molar-refractivity contribution in [1.29, 1.82) is 0 Å². The van der Waals surface area contributed by atoms with Gasteiger partial charge in [-0.1, -0.05) is 28.7 Å². The Morgan fingerprint density at radius 2 is 2.25 bits per heavy atom. The molecular formula is C6H9IO. The highest BCUT2D eigenvalue weighted by Gasteiger charge is 1.97. The number of hydrogen-bond acceptors (Lipinski definition) is 1. The topological polar surface area (TPSA) is 17.1 Å². The van der Waals surface area contributed by atoms with Gasteiger partial charge in [-0.15, -0.1) is 0 Å². The molecule has 0 aromatic heterocycles. The number of rotatable bonds is 2. The van der Waals surface area contributed by atoms with Gasteiger partial charge in [0.05, 0.1) is 4.43 Å². The summed E-state index contributed by atoms with van der Waals surface area (Å²) in [5, 5.41) is 0. The fourth-order valence-corrected chi connectivity index (χ4v) is 0.868. The van der Waals surface area contributed by atoms with E-state index in [4.69, 9.17) is 0 Å². The van der Waals surface area contributed by atoms with Gasteiger partial charge in [0.15, 0.2) is 5.78 Å². The minimum absolute atomic E-state index is 0.230. The lowest BCUT2D eigenvalue weighted by molar-refractivity contribution is -0.112. The lowest BCUT2D eigenvalue weighted by atomic mass is 10.2. The van der Waals surface area contributed by atoms with Crippen molar-refractivity contribution in [3.63, 3.8) is 0 Å². The number of Topliss-reactive ketones (excluding diaryl/α,β-unsaturated/α-hetero) is 1. The molecule has 8 heavy (non-hydrogen) atoms. The Hall–Kier alpha value is 0.140. The first-order chi connectivity index (χ1) is 3.72. The van der Waals surface area contributed by atoms with Crippen LogP contribution in [0.15, 0.2) is 11.6 Å². The molecule has 0 aliphatic carbocycles. The summed E-state index contributed by atoms with van der Waals surface area (Å²) >= 11 is 2.06. The van der Waals surface area contributed by atoms with Crippen molar-refractivity contribution in [2.45, 2.75) is 13.8 Å². The van der Waals surface area contributed by atoms with Crippen LogP contribution in [0.1, 0.15) is 13.8 Å². The van der Waals surface area contributed by atoms with Crippen molar-refractivity contribution in [1.82, 2.24) is 0 Å². The van der Waals surface area contributed by atoms with Gasteiger partial charge in [0, 0.05) is 0 Å². The van der Waals surface area contributed by atoms with Crippen LogP contribution in [0.25, 0.3) is 0 Å². The Morgan fingerprint density at radius 3 is 2.38 bits per heavy atom. The van der Waals surface area contributed by atoms with E-state index in [0.717, 1.165) is 5.57 Å². The number of allylic oxidation sites excluding steroid dienone is 2. The highest BCUT2D eigenvalue weighted by molar-refractivity contribution is 14.1. The van der Waals surface area contributed by atoms with Crippen LogP contribution < -0.4 is 0 Å². The molecule has 0 fully saturated rings. The molecule has 0 aliphatic heterocycles. The van der Waals surface area contributed by atoms with Crippen molar-refractivity contribution in [2.75, 3.05) is 4.43 Å². The molecule has 0 saturated carbocycles. The van der Waals surface area contributed by atoms with Crippen LogP contribution in [0.5, 0.6) is 0 Å². The normalized spacial score (nSPS) is 11.6. The van der Waals surface area contributed by atoms with E-state index in [1.807, 2.05) is 19.9 Å². The number of halogens is 1. The minimum Gasteiger partial charge on any atom is -0.294 e. The number of hydrogen-bond donors (Lipinski definition) is 0. The molecule has 0 rings (SSSR count). The molecule has 0 aromatic carbocycles. The number of ketones is 1. The van der Waals surface area contributed by atoms with Gasteiger partial charge in [-0.3, -0.25) is 4.79 Å². The molecule has 0 amide bonds. The third kappa shape index (κ3) is 2.45. The van der Waals surface area contributed by atoms with E-state index in [1.54, 1.807) is 0 Å². The van der Waals surface area contributed by atoms with Gasteiger partial charge in [0.25, 0.3) is 0 Å². The Kier molecular flexibility index (Phi) is 4.13. The molecule has 0 unspecified atom stereocenters. The van der Waals surface area contributed by atoms with Crippen LogP contribution in [-0.4, -0.2) is 10.2 Å². The molecule has 1 nitrogen and oxygen atoms in total. The van der Waals surface area contributed by atoms with E-state index in [0.29, 0.717) is 4.43 Å². The van der Waals surface area contributed by atoms with Crippen molar-refractivity contribution < 1.29 is 4.79 Å². The highest BCUT2D eigenvalue weighted by Crippen LogP contribution is 1.96. The summed E-state index contributed by atoms with van der Waals surface area (Å²) in [6.45, 7) is 3.71. The number of carbonyl (C=O) groups excluding carboxylic acids is 1. The molecule has 0 atom stereocenters. The van der Waals surface area contributed by atoms with Crippen LogP contribution >= 0.6 is 22.6 Å². The van der Waals surface area contributed by atoms with E-state index >= 15 is 0 Å². The number of carbonyl (C=O) groups is 1. The lowest BCUT2D eigenvalue weighted by Crippen LogP contribution is -1.98. The van der Waals surface area contributed by atoms with Gasteiger partial charge in [0.2, 0.25) is 0 Å². The van der Waals surface area contributed by atoms with Crippen LogP contribution in [0.2, 0.25) is 0 Å². The van der Waals surface area contributed by atoms with Crippen LogP contribution in [0.3, 0.4) is 0 Å². The van der Waals surface area contributed by atoms with Crippen molar-refractivity contribution in [2.24, 2.45) is 0 Å². The van der Waals surface area contributed by atoms with Crippen LogP contribution in [0, 0.1) is 0 Å². The fourth-order valence-electron chi connectivity index (χ4n) is 0.266.